The van der Waals surface area contributed by atoms with E-state index in [4.69, 9.17) is 11.6 Å². The summed E-state index contributed by atoms with van der Waals surface area (Å²) in [5.74, 6) is -1.54. The molecule has 120 valence electrons. The van der Waals surface area contributed by atoms with Gasteiger partial charge in [0, 0.05) is 5.02 Å². The van der Waals surface area contributed by atoms with Gasteiger partial charge < -0.3 is 5.11 Å². The zero-order chi connectivity index (χ0) is 17.3. The Hall–Kier alpha value is -3.12. The number of phenolic OH excluding ortho intramolecular Hbond substituents is 1. The van der Waals surface area contributed by atoms with Gasteiger partial charge in [-0.3, -0.25) is 14.9 Å². The lowest BCUT2D eigenvalue weighted by molar-refractivity contribution is -0.122. The number of barbiturate groups is 1. The van der Waals surface area contributed by atoms with Crippen LogP contribution >= 0.6 is 11.6 Å². The fraction of sp³-hybridized carbons (Fsp3) is 0. The normalized spacial score (nSPS) is 16.5. The van der Waals surface area contributed by atoms with Crippen LogP contribution in [0.3, 0.4) is 0 Å². The molecule has 0 aromatic heterocycles. The number of carbonyl (C=O) groups excluding carboxylic acids is 3. The number of hydrogen-bond donors (Lipinski definition) is 2. The molecule has 2 aromatic rings. The molecule has 0 spiro atoms. The van der Waals surface area contributed by atoms with Gasteiger partial charge in [-0.15, -0.1) is 0 Å². The second kappa shape index (κ2) is 6.17. The first-order valence-electron chi connectivity index (χ1n) is 6.92. The van der Waals surface area contributed by atoms with E-state index >= 15 is 0 Å². The summed E-state index contributed by atoms with van der Waals surface area (Å²) >= 11 is 5.89. The molecule has 0 aliphatic carbocycles. The number of aromatic hydroxyl groups is 1. The van der Waals surface area contributed by atoms with E-state index in [1.807, 2.05) is 0 Å². The molecule has 2 aromatic carbocycles. The van der Waals surface area contributed by atoms with Gasteiger partial charge >= 0.3 is 6.03 Å². The molecule has 1 heterocycles. The number of amides is 4. The van der Waals surface area contributed by atoms with E-state index in [0.29, 0.717) is 10.6 Å². The molecule has 0 saturated carbocycles. The Morgan fingerprint density at radius 2 is 1.75 bits per heavy atom. The lowest BCUT2D eigenvalue weighted by Crippen LogP contribution is -2.54. The molecule has 6 nitrogen and oxygen atoms in total. The van der Waals surface area contributed by atoms with E-state index in [1.54, 1.807) is 24.3 Å². The molecule has 3 rings (SSSR count). The fourth-order valence-corrected chi connectivity index (χ4v) is 2.46. The summed E-state index contributed by atoms with van der Waals surface area (Å²) in [7, 11) is 0. The van der Waals surface area contributed by atoms with Crippen LogP contribution in [0.5, 0.6) is 5.75 Å². The molecule has 4 amide bonds. The summed E-state index contributed by atoms with van der Waals surface area (Å²) < 4.78 is 0. The molecular weight excluding hydrogens is 332 g/mol. The Morgan fingerprint density at radius 3 is 2.42 bits per heavy atom. The van der Waals surface area contributed by atoms with Crippen LogP contribution in [0.15, 0.2) is 54.1 Å². The highest BCUT2D eigenvalue weighted by atomic mass is 35.5. The van der Waals surface area contributed by atoms with Crippen LogP contribution in [0, 0.1) is 0 Å². The highest BCUT2D eigenvalue weighted by Crippen LogP contribution is 2.24. The zero-order valence-electron chi connectivity index (χ0n) is 12.2. The smallest absolute Gasteiger partial charge is 0.335 e. The Morgan fingerprint density at radius 1 is 1.04 bits per heavy atom. The van der Waals surface area contributed by atoms with Crippen LogP contribution in [-0.4, -0.2) is 23.0 Å². The van der Waals surface area contributed by atoms with Crippen molar-refractivity contribution < 1.29 is 19.5 Å². The second-order valence-corrected chi connectivity index (χ2v) is 5.47. The SMILES string of the molecule is O=C1NC(=O)N(c2ccc(O)cc2)C(=O)/C1=C/c1cccc(Cl)c1. The number of hydrogen-bond acceptors (Lipinski definition) is 4. The molecule has 0 atom stereocenters. The van der Waals surface area contributed by atoms with Gasteiger partial charge in [0.25, 0.3) is 11.8 Å². The molecule has 1 saturated heterocycles. The Bertz CT molecular complexity index is 874. The van der Waals surface area contributed by atoms with Gasteiger partial charge in [0.15, 0.2) is 0 Å². The molecule has 7 heteroatoms. The first-order chi connectivity index (χ1) is 11.5. The third kappa shape index (κ3) is 3.00. The topological polar surface area (TPSA) is 86.7 Å². The van der Waals surface area contributed by atoms with E-state index in [1.165, 1.54) is 30.3 Å². The van der Waals surface area contributed by atoms with Gasteiger partial charge in [0.2, 0.25) is 0 Å². The molecule has 2 N–H and O–H groups in total. The number of carbonyl (C=O) groups is 3. The number of urea groups is 1. The van der Waals surface area contributed by atoms with E-state index < -0.39 is 17.8 Å². The lowest BCUT2D eigenvalue weighted by Gasteiger charge is -2.26. The first kappa shape index (κ1) is 15.8. The quantitative estimate of drug-likeness (QED) is 0.649. The van der Waals surface area contributed by atoms with Crippen molar-refractivity contribution in [2.24, 2.45) is 0 Å². The van der Waals surface area contributed by atoms with Crippen molar-refractivity contribution in [3.05, 3.63) is 64.7 Å². The van der Waals surface area contributed by atoms with Crippen molar-refractivity contribution in [2.75, 3.05) is 4.90 Å². The molecule has 0 radical (unpaired) electrons. The molecule has 0 unspecified atom stereocenters. The number of halogens is 1. The summed E-state index contributed by atoms with van der Waals surface area (Å²) in [5, 5.41) is 11.9. The third-order valence-electron chi connectivity index (χ3n) is 3.37. The van der Waals surface area contributed by atoms with Gasteiger partial charge in [-0.1, -0.05) is 23.7 Å². The summed E-state index contributed by atoms with van der Waals surface area (Å²) in [6.07, 6.45) is 1.36. The van der Waals surface area contributed by atoms with Gasteiger partial charge in [-0.2, -0.15) is 0 Å². The minimum Gasteiger partial charge on any atom is -0.508 e. The minimum absolute atomic E-state index is 0.00520. The van der Waals surface area contributed by atoms with Crippen LogP contribution in [0.2, 0.25) is 5.02 Å². The van der Waals surface area contributed by atoms with E-state index in [0.717, 1.165) is 4.90 Å². The number of nitrogens with zero attached hydrogens (tertiary/aromatic N) is 1. The molecular formula is C17H11ClN2O4. The largest absolute Gasteiger partial charge is 0.508 e. The number of benzene rings is 2. The number of nitrogens with one attached hydrogen (secondary N) is 1. The summed E-state index contributed by atoms with van der Waals surface area (Å²) in [5.41, 5.74) is 0.603. The maximum Gasteiger partial charge on any atom is 0.335 e. The Kier molecular flexibility index (Phi) is 4.05. The lowest BCUT2D eigenvalue weighted by atomic mass is 10.1. The van der Waals surface area contributed by atoms with E-state index in [2.05, 4.69) is 5.32 Å². The maximum absolute atomic E-state index is 12.6. The minimum atomic E-state index is -0.848. The van der Waals surface area contributed by atoms with Gasteiger partial charge in [-0.25, -0.2) is 9.69 Å². The first-order valence-corrected chi connectivity index (χ1v) is 7.29. The highest BCUT2D eigenvalue weighted by molar-refractivity contribution is 6.39. The standard InChI is InChI=1S/C17H11ClN2O4/c18-11-3-1-2-10(8-11)9-14-15(22)19-17(24)20(16(14)23)12-4-6-13(21)7-5-12/h1-9,21H,(H,19,22,24)/b14-9+. The second-order valence-electron chi connectivity index (χ2n) is 5.03. The number of phenols is 1. The predicted octanol–water partition coefficient (Wildman–Crippen LogP) is 2.71. The third-order valence-corrected chi connectivity index (χ3v) is 3.60. The predicted molar refractivity (Wildman–Crippen MR) is 88.6 cm³/mol. The molecule has 24 heavy (non-hydrogen) atoms. The monoisotopic (exact) mass is 342 g/mol. The molecule has 0 bridgehead atoms. The van der Waals surface area contributed by atoms with Gasteiger partial charge in [0.05, 0.1) is 5.69 Å². The van der Waals surface area contributed by atoms with Crippen LogP contribution in [0.4, 0.5) is 10.5 Å². The van der Waals surface area contributed by atoms with Crippen molar-refractivity contribution in [3.8, 4) is 5.75 Å². The maximum atomic E-state index is 12.6. The van der Waals surface area contributed by atoms with E-state index in [-0.39, 0.29) is 17.0 Å². The number of anilines is 1. The van der Waals surface area contributed by atoms with Crippen molar-refractivity contribution in [1.82, 2.24) is 5.32 Å². The van der Waals surface area contributed by atoms with Crippen LogP contribution in [0.1, 0.15) is 5.56 Å². The van der Waals surface area contributed by atoms with Crippen molar-refractivity contribution >= 4 is 41.2 Å². The summed E-state index contributed by atoms with van der Waals surface area (Å²) in [6.45, 7) is 0. The van der Waals surface area contributed by atoms with Crippen LogP contribution in [0.25, 0.3) is 6.08 Å². The highest BCUT2D eigenvalue weighted by Gasteiger charge is 2.36. The Labute approximate surface area is 142 Å². The van der Waals surface area contributed by atoms with Crippen LogP contribution in [-0.2, 0) is 9.59 Å². The summed E-state index contributed by atoms with van der Waals surface area (Å²) in [6, 6.07) is 11.3. The zero-order valence-corrected chi connectivity index (χ0v) is 12.9. The van der Waals surface area contributed by atoms with Crippen LogP contribution < -0.4 is 10.2 Å². The summed E-state index contributed by atoms with van der Waals surface area (Å²) in [4.78, 5) is 37.5. The van der Waals surface area contributed by atoms with E-state index in [9.17, 15) is 19.5 Å². The van der Waals surface area contributed by atoms with Crippen molar-refractivity contribution in [1.29, 1.82) is 0 Å². The average molecular weight is 343 g/mol. The molecule has 1 fully saturated rings. The van der Waals surface area contributed by atoms with Crippen molar-refractivity contribution in [2.45, 2.75) is 0 Å². The molecule has 1 aliphatic rings. The Balaban J connectivity index is 2.01. The molecule has 1 aliphatic heterocycles. The van der Waals surface area contributed by atoms with Crippen molar-refractivity contribution in [3.63, 3.8) is 0 Å². The number of imide groups is 2. The van der Waals surface area contributed by atoms with Gasteiger partial charge in [-0.05, 0) is 48.0 Å². The average Bonchev–Trinajstić information content (AvgIpc) is 2.53. The van der Waals surface area contributed by atoms with Gasteiger partial charge in [0.1, 0.15) is 11.3 Å². The fourth-order valence-electron chi connectivity index (χ4n) is 2.26. The number of rotatable bonds is 2.